The van der Waals surface area contributed by atoms with Crippen molar-refractivity contribution < 1.29 is 13.2 Å². The summed E-state index contributed by atoms with van der Waals surface area (Å²) in [5.41, 5.74) is 2.00. The quantitative estimate of drug-likeness (QED) is 0.874. The Morgan fingerprint density at radius 3 is 2.41 bits per heavy atom. The average molecular weight is 317 g/mol. The Morgan fingerprint density at radius 1 is 1.05 bits per heavy atom. The predicted octanol–water partition coefficient (Wildman–Crippen LogP) is 2.76. The number of hydrogen-bond acceptors (Lipinski definition) is 3. The number of nitrogens with zero attached hydrogens (tertiary/aromatic N) is 1. The van der Waals surface area contributed by atoms with Crippen molar-refractivity contribution in [1.29, 1.82) is 0 Å². The van der Waals surface area contributed by atoms with Crippen LogP contribution in [0.2, 0.25) is 0 Å². The fourth-order valence-electron chi connectivity index (χ4n) is 2.66. The molecular weight excluding hydrogens is 298 g/mol. The summed E-state index contributed by atoms with van der Waals surface area (Å²) in [6.45, 7) is 3.12. The van der Waals surface area contributed by atoms with Gasteiger partial charge in [-0.15, -0.1) is 0 Å². The van der Waals surface area contributed by atoms with Crippen molar-refractivity contribution in [3.05, 3.63) is 65.7 Å². The Balaban J connectivity index is 1.98. The van der Waals surface area contributed by atoms with Crippen LogP contribution < -0.4 is 0 Å². The molecule has 0 N–H and O–H groups in total. The summed E-state index contributed by atoms with van der Waals surface area (Å²) in [6, 6.07) is 16.3. The van der Waals surface area contributed by atoms with Crippen LogP contribution in [-0.2, 0) is 14.8 Å². The molecule has 4 nitrogen and oxygen atoms in total. The van der Waals surface area contributed by atoms with Crippen molar-refractivity contribution in [3.8, 4) is 0 Å². The van der Waals surface area contributed by atoms with Gasteiger partial charge in [-0.2, -0.15) is 4.31 Å². The molecule has 1 heterocycles. The molecule has 1 unspecified atom stereocenters. The molecule has 2 aromatic rings. The van der Waals surface area contributed by atoms with Crippen molar-refractivity contribution >= 4 is 10.0 Å². The molecule has 0 radical (unpaired) electrons. The second-order valence-electron chi connectivity index (χ2n) is 5.43. The van der Waals surface area contributed by atoms with Crippen LogP contribution in [0.1, 0.15) is 17.2 Å². The maximum Gasteiger partial charge on any atom is 0.243 e. The van der Waals surface area contributed by atoms with Crippen molar-refractivity contribution in [1.82, 2.24) is 4.31 Å². The van der Waals surface area contributed by atoms with Gasteiger partial charge < -0.3 is 4.74 Å². The summed E-state index contributed by atoms with van der Waals surface area (Å²) in [7, 11) is -3.52. The van der Waals surface area contributed by atoms with Crippen LogP contribution in [0, 0.1) is 6.92 Å². The monoisotopic (exact) mass is 317 g/mol. The first-order valence-electron chi connectivity index (χ1n) is 7.30. The number of sulfonamides is 1. The highest BCUT2D eigenvalue weighted by atomic mass is 32.2. The Bertz CT molecular complexity index is 726. The third kappa shape index (κ3) is 2.92. The number of morpholine rings is 1. The van der Waals surface area contributed by atoms with Gasteiger partial charge >= 0.3 is 0 Å². The van der Waals surface area contributed by atoms with Crippen LogP contribution in [0.4, 0.5) is 0 Å². The highest BCUT2D eigenvalue weighted by Gasteiger charge is 2.34. The van der Waals surface area contributed by atoms with E-state index in [-0.39, 0.29) is 6.04 Å². The lowest BCUT2D eigenvalue weighted by Crippen LogP contribution is -2.43. The first-order valence-corrected chi connectivity index (χ1v) is 8.74. The van der Waals surface area contributed by atoms with Crippen molar-refractivity contribution in [2.75, 3.05) is 19.8 Å². The molecule has 0 aliphatic carbocycles. The first kappa shape index (κ1) is 15.2. The van der Waals surface area contributed by atoms with E-state index < -0.39 is 10.0 Å². The van der Waals surface area contributed by atoms with E-state index in [2.05, 4.69) is 0 Å². The van der Waals surface area contributed by atoms with Gasteiger partial charge in [0.15, 0.2) is 0 Å². The molecule has 0 aromatic heterocycles. The SMILES string of the molecule is Cc1ccc(S(=O)(=O)N2CCOCC2c2ccccc2)cc1. The van der Waals surface area contributed by atoms with E-state index in [0.29, 0.717) is 24.7 Å². The molecule has 5 heteroatoms. The van der Waals surface area contributed by atoms with Crippen LogP contribution in [0.15, 0.2) is 59.5 Å². The second-order valence-corrected chi connectivity index (χ2v) is 7.32. The topological polar surface area (TPSA) is 46.6 Å². The van der Waals surface area contributed by atoms with Gasteiger partial charge in [0.05, 0.1) is 24.2 Å². The molecule has 0 amide bonds. The standard InChI is InChI=1S/C17H19NO3S/c1-14-7-9-16(10-8-14)22(19,20)18-11-12-21-13-17(18)15-5-3-2-4-6-15/h2-10,17H,11-13H2,1H3. The van der Waals surface area contributed by atoms with E-state index in [4.69, 9.17) is 4.74 Å². The van der Waals surface area contributed by atoms with Crippen LogP contribution >= 0.6 is 0 Å². The van der Waals surface area contributed by atoms with Crippen LogP contribution in [0.25, 0.3) is 0 Å². The zero-order valence-electron chi connectivity index (χ0n) is 12.5. The molecule has 0 saturated carbocycles. The summed E-state index contributed by atoms with van der Waals surface area (Å²) in [5.74, 6) is 0. The maximum atomic E-state index is 13.0. The highest BCUT2D eigenvalue weighted by molar-refractivity contribution is 7.89. The van der Waals surface area contributed by atoms with Gasteiger partial charge in [0, 0.05) is 6.54 Å². The van der Waals surface area contributed by atoms with Crippen molar-refractivity contribution in [2.45, 2.75) is 17.9 Å². The van der Waals surface area contributed by atoms with E-state index in [0.717, 1.165) is 11.1 Å². The smallest absolute Gasteiger partial charge is 0.243 e. The molecule has 0 spiro atoms. The van der Waals surface area contributed by atoms with Crippen molar-refractivity contribution in [2.24, 2.45) is 0 Å². The number of aryl methyl sites for hydroxylation is 1. The Kier molecular flexibility index (Phi) is 4.29. The fourth-order valence-corrected chi connectivity index (χ4v) is 4.24. The van der Waals surface area contributed by atoms with Gasteiger partial charge in [0.1, 0.15) is 0 Å². The highest BCUT2D eigenvalue weighted by Crippen LogP contribution is 2.30. The minimum absolute atomic E-state index is 0.277. The van der Waals surface area contributed by atoms with Gasteiger partial charge in [0.2, 0.25) is 10.0 Å². The van der Waals surface area contributed by atoms with Gasteiger partial charge in [-0.3, -0.25) is 0 Å². The van der Waals surface area contributed by atoms with Crippen molar-refractivity contribution in [3.63, 3.8) is 0 Å². The third-order valence-electron chi connectivity index (χ3n) is 3.89. The Hall–Kier alpha value is -1.69. The fraction of sp³-hybridized carbons (Fsp3) is 0.294. The van der Waals surface area contributed by atoms with Crippen LogP contribution in [0.3, 0.4) is 0 Å². The van der Waals surface area contributed by atoms with E-state index >= 15 is 0 Å². The maximum absolute atomic E-state index is 13.0. The van der Waals surface area contributed by atoms with Crippen LogP contribution in [0.5, 0.6) is 0 Å². The molecule has 0 bridgehead atoms. The number of hydrogen-bond donors (Lipinski definition) is 0. The molecule has 3 rings (SSSR count). The molecule has 2 aromatic carbocycles. The molecule has 1 aliphatic heterocycles. The second kappa shape index (κ2) is 6.20. The number of ether oxygens (including phenoxy) is 1. The molecule has 1 saturated heterocycles. The van der Waals surface area contributed by atoms with E-state index in [1.807, 2.05) is 49.4 Å². The van der Waals surface area contributed by atoms with Crippen LogP contribution in [-0.4, -0.2) is 32.5 Å². The molecular formula is C17H19NO3S. The van der Waals surface area contributed by atoms with E-state index in [1.54, 1.807) is 16.4 Å². The van der Waals surface area contributed by atoms with E-state index in [1.165, 1.54) is 0 Å². The molecule has 1 aliphatic rings. The zero-order valence-corrected chi connectivity index (χ0v) is 13.3. The Labute approximate surface area is 131 Å². The molecule has 22 heavy (non-hydrogen) atoms. The lowest BCUT2D eigenvalue weighted by atomic mass is 10.1. The summed E-state index contributed by atoms with van der Waals surface area (Å²) in [5, 5.41) is 0. The number of benzene rings is 2. The zero-order chi connectivity index (χ0) is 15.6. The summed E-state index contributed by atoms with van der Waals surface area (Å²) in [4.78, 5) is 0.334. The molecule has 1 atom stereocenters. The van der Waals surface area contributed by atoms with Gasteiger partial charge in [-0.1, -0.05) is 48.0 Å². The summed E-state index contributed by atoms with van der Waals surface area (Å²) in [6.07, 6.45) is 0. The minimum Gasteiger partial charge on any atom is -0.378 e. The number of rotatable bonds is 3. The summed E-state index contributed by atoms with van der Waals surface area (Å²) < 4.78 is 33.0. The summed E-state index contributed by atoms with van der Waals surface area (Å²) >= 11 is 0. The van der Waals surface area contributed by atoms with Gasteiger partial charge in [-0.05, 0) is 24.6 Å². The normalized spacial score (nSPS) is 20.0. The van der Waals surface area contributed by atoms with Gasteiger partial charge in [-0.25, -0.2) is 8.42 Å². The predicted molar refractivity (Wildman–Crippen MR) is 85.1 cm³/mol. The Morgan fingerprint density at radius 2 is 1.73 bits per heavy atom. The third-order valence-corrected chi connectivity index (χ3v) is 5.81. The lowest BCUT2D eigenvalue weighted by molar-refractivity contribution is 0.0321. The minimum atomic E-state index is -3.52. The largest absolute Gasteiger partial charge is 0.378 e. The van der Waals surface area contributed by atoms with Gasteiger partial charge in [0.25, 0.3) is 0 Å². The van der Waals surface area contributed by atoms with E-state index in [9.17, 15) is 8.42 Å². The lowest BCUT2D eigenvalue weighted by Gasteiger charge is -2.34. The molecule has 1 fully saturated rings. The first-order chi connectivity index (χ1) is 10.6. The average Bonchev–Trinajstić information content (AvgIpc) is 2.56. The molecule has 116 valence electrons.